The van der Waals surface area contributed by atoms with Gasteiger partial charge in [-0.15, -0.1) is 0 Å². The lowest BCUT2D eigenvalue weighted by molar-refractivity contribution is -0.129. The highest BCUT2D eigenvalue weighted by atomic mass is 16.7. The topological polar surface area (TPSA) is 79.9 Å². The highest BCUT2D eigenvalue weighted by molar-refractivity contribution is 5.88. The molecule has 7 nitrogen and oxygen atoms in total. The number of fused-ring (bicyclic) bond motifs is 1. The minimum Gasteiger partial charge on any atom is -0.454 e. The molecule has 1 aromatic rings. The fourth-order valence-corrected chi connectivity index (χ4v) is 3.10. The van der Waals surface area contributed by atoms with Crippen LogP contribution in [0.15, 0.2) is 18.2 Å². The molecule has 7 heteroatoms. The third-order valence-electron chi connectivity index (χ3n) is 4.53. The number of carbonyl (C=O) groups excluding carboxylic acids is 2. The van der Waals surface area contributed by atoms with Gasteiger partial charge in [-0.25, -0.2) is 0 Å². The Balaban J connectivity index is 1.54. The third kappa shape index (κ3) is 4.63. The smallest absolute Gasteiger partial charge is 0.242 e. The predicted molar refractivity (Wildman–Crippen MR) is 92.3 cm³/mol. The third-order valence-corrected chi connectivity index (χ3v) is 4.53. The second-order valence-corrected chi connectivity index (χ2v) is 6.40. The van der Waals surface area contributed by atoms with Gasteiger partial charge in [-0.2, -0.15) is 0 Å². The Morgan fingerprint density at radius 3 is 3.00 bits per heavy atom. The maximum atomic E-state index is 12.3. The molecule has 1 unspecified atom stereocenters. The summed E-state index contributed by atoms with van der Waals surface area (Å²) in [6.45, 7) is 4.59. The van der Waals surface area contributed by atoms with Crippen LogP contribution in [0.1, 0.15) is 31.7 Å². The van der Waals surface area contributed by atoms with E-state index < -0.39 is 6.04 Å². The molecule has 3 rings (SSSR count). The summed E-state index contributed by atoms with van der Waals surface area (Å²) in [5, 5.41) is 5.70. The number of amides is 2. The van der Waals surface area contributed by atoms with Crippen molar-refractivity contribution < 1.29 is 19.1 Å². The van der Waals surface area contributed by atoms with Gasteiger partial charge in [-0.05, 0) is 43.5 Å². The van der Waals surface area contributed by atoms with Crippen molar-refractivity contribution in [3.05, 3.63) is 23.8 Å². The van der Waals surface area contributed by atoms with Crippen LogP contribution in [0.5, 0.6) is 11.5 Å². The molecule has 0 aromatic heterocycles. The van der Waals surface area contributed by atoms with E-state index in [-0.39, 0.29) is 25.2 Å². The first-order valence-corrected chi connectivity index (χ1v) is 8.83. The molecular formula is C18H25N3O4. The van der Waals surface area contributed by atoms with Crippen molar-refractivity contribution >= 4 is 11.8 Å². The fraction of sp³-hybridized carbons (Fsp3) is 0.556. The molecule has 0 saturated carbocycles. The molecule has 1 fully saturated rings. The molecule has 1 atom stereocenters. The molecular weight excluding hydrogens is 322 g/mol. The van der Waals surface area contributed by atoms with Crippen LogP contribution in [0.2, 0.25) is 0 Å². The van der Waals surface area contributed by atoms with Crippen molar-refractivity contribution in [2.45, 2.75) is 38.8 Å². The van der Waals surface area contributed by atoms with Gasteiger partial charge in [0, 0.05) is 13.1 Å². The predicted octanol–water partition coefficient (Wildman–Crippen LogP) is 1.02. The maximum Gasteiger partial charge on any atom is 0.242 e. The summed E-state index contributed by atoms with van der Waals surface area (Å²) in [4.78, 5) is 26.3. The van der Waals surface area contributed by atoms with Crippen molar-refractivity contribution in [3.63, 3.8) is 0 Å². The van der Waals surface area contributed by atoms with E-state index in [2.05, 4.69) is 10.6 Å². The van der Waals surface area contributed by atoms with Crippen LogP contribution >= 0.6 is 0 Å². The number of carbonyl (C=O) groups is 2. The van der Waals surface area contributed by atoms with Crippen LogP contribution in [0.3, 0.4) is 0 Å². The minimum absolute atomic E-state index is 0.0790. The van der Waals surface area contributed by atoms with Gasteiger partial charge in [-0.3, -0.25) is 14.5 Å². The Kier molecular flexibility index (Phi) is 5.75. The van der Waals surface area contributed by atoms with E-state index in [4.69, 9.17) is 9.47 Å². The van der Waals surface area contributed by atoms with Crippen LogP contribution in [0.25, 0.3) is 0 Å². The zero-order chi connectivity index (χ0) is 17.6. The number of likely N-dealkylation sites (N-methyl/N-ethyl adjacent to an activating group) is 1. The first-order valence-electron chi connectivity index (χ1n) is 8.83. The van der Waals surface area contributed by atoms with E-state index in [1.807, 2.05) is 30.0 Å². The number of ether oxygens (including phenoxy) is 2. The summed E-state index contributed by atoms with van der Waals surface area (Å²) in [6, 6.07) is 5.40. The van der Waals surface area contributed by atoms with Crippen LogP contribution < -0.4 is 20.1 Å². The van der Waals surface area contributed by atoms with E-state index >= 15 is 0 Å². The summed E-state index contributed by atoms with van der Waals surface area (Å²) < 4.78 is 10.7. The summed E-state index contributed by atoms with van der Waals surface area (Å²) in [7, 11) is 0. The Morgan fingerprint density at radius 2 is 2.16 bits per heavy atom. The van der Waals surface area contributed by atoms with Crippen LogP contribution in [0, 0.1) is 0 Å². The zero-order valence-electron chi connectivity index (χ0n) is 14.5. The highest BCUT2D eigenvalue weighted by Crippen LogP contribution is 2.32. The number of nitrogens with one attached hydrogen (secondary N) is 2. The van der Waals surface area contributed by atoms with Gasteiger partial charge in [-0.1, -0.05) is 13.0 Å². The van der Waals surface area contributed by atoms with E-state index in [1.54, 1.807) is 0 Å². The second-order valence-electron chi connectivity index (χ2n) is 6.40. The lowest BCUT2D eigenvalue weighted by Crippen LogP contribution is -2.48. The minimum atomic E-state index is -0.417. The normalized spacial score (nSPS) is 19.4. The second kappa shape index (κ2) is 8.20. The summed E-state index contributed by atoms with van der Waals surface area (Å²) in [6.07, 6.45) is 2.60. The van der Waals surface area contributed by atoms with E-state index in [1.165, 1.54) is 0 Å². The van der Waals surface area contributed by atoms with Gasteiger partial charge < -0.3 is 20.1 Å². The fourth-order valence-electron chi connectivity index (χ4n) is 3.10. The number of benzene rings is 1. The van der Waals surface area contributed by atoms with Crippen LogP contribution in [0.4, 0.5) is 0 Å². The van der Waals surface area contributed by atoms with Gasteiger partial charge in [0.15, 0.2) is 11.5 Å². The molecule has 1 saturated heterocycles. The first-order chi connectivity index (χ1) is 12.2. The standard InChI is InChI=1S/C18H25N3O4/c1-2-21(10-13-6-7-15-16(9-13)25-12-24-15)11-17(22)20-14-5-3-4-8-19-18(14)23/h6-7,9,14H,2-5,8,10-12H2,1H3,(H,19,23)(H,20,22). The average Bonchev–Trinajstić information content (AvgIpc) is 2.98. The van der Waals surface area contributed by atoms with Gasteiger partial charge in [0.25, 0.3) is 0 Å². The Bertz CT molecular complexity index is 635. The van der Waals surface area contributed by atoms with Gasteiger partial charge >= 0.3 is 0 Å². The van der Waals surface area contributed by atoms with Crippen LogP contribution in [-0.4, -0.2) is 49.2 Å². The van der Waals surface area contributed by atoms with Crippen molar-refractivity contribution in [2.75, 3.05) is 26.4 Å². The van der Waals surface area contributed by atoms with Crippen molar-refractivity contribution in [2.24, 2.45) is 0 Å². The molecule has 0 spiro atoms. The molecule has 0 bridgehead atoms. The number of rotatable bonds is 6. The Labute approximate surface area is 147 Å². The number of nitrogens with zero attached hydrogens (tertiary/aromatic N) is 1. The van der Waals surface area contributed by atoms with Crippen molar-refractivity contribution in [1.82, 2.24) is 15.5 Å². The SMILES string of the molecule is CCN(CC(=O)NC1CCCCNC1=O)Cc1ccc2c(c1)OCO2. The van der Waals surface area contributed by atoms with E-state index in [0.29, 0.717) is 19.5 Å². The molecule has 25 heavy (non-hydrogen) atoms. The van der Waals surface area contributed by atoms with Crippen LogP contribution in [-0.2, 0) is 16.1 Å². The van der Waals surface area contributed by atoms with E-state index in [0.717, 1.165) is 36.4 Å². The summed E-state index contributed by atoms with van der Waals surface area (Å²) in [5.41, 5.74) is 1.06. The summed E-state index contributed by atoms with van der Waals surface area (Å²) >= 11 is 0. The average molecular weight is 347 g/mol. The number of hydrogen-bond acceptors (Lipinski definition) is 5. The highest BCUT2D eigenvalue weighted by Gasteiger charge is 2.23. The molecule has 136 valence electrons. The quantitative estimate of drug-likeness (QED) is 0.803. The lowest BCUT2D eigenvalue weighted by Gasteiger charge is -2.22. The van der Waals surface area contributed by atoms with Crippen molar-refractivity contribution in [1.29, 1.82) is 0 Å². The number of hydrogen-bond donors (Lipinski definition) is 2. The largest absolute Gasteiger partial charge is 0.454 e. The van der Waals surface area contributed by atoms with Gasteiger partial charge in [0.1, 0.15) is 6.04 Å². The molecule has 1 aromatic carbocycles. The summed E-state index contributed by atoms with van der Waals surface area (Å²) in [5.74, 6) is 1.30. The monoisotopic (exact) mass is 347 g/mol. The molecule has 2 aliphatic heterocycles. The molecule has 2 heterocycles. The van der Waals surface area contributed by atoms with Gasteiger partial charge in [0.05, 0.1) is 6.54 Å². The molecule has 2 N–H and O–H groups in total. The molecule has 2 amide bonds. The van der Waals surface area contributed by atoms with Gasteiger partial charge in [0.2, 0.25) is 18.6 Å². The Hall–Kier alpha value is -2.28. The Morgan fingerprint density at radius 1 is 1.32 bits per heavy atom. The molecule has 0 aliphatic carbocycles. The lowest BCUT2D eigenvalue weighted by atomic mass is 10.1. The molecule has 0 radical (unpaired) electrons. The first kappa shape index (κ1) is 17.5. The molecule has 2 aliphatic rings. The maximum absolute atomic E-state index is 12.3. The van der Waals surface area contributed by atoms with Crippen molar-refractivity contribution in [3.8, 4) is 11.5 Å². The zero-order valence-corrected chi connectivity index (χ0v) is 14.5. The van der Waals surface area contributed by atoms with E-state index in [9.17, 15) is 9.59 Å².